The zero-order chi connectivity index (χ0) is 18.4. The summed E-state index contributed by atoms with van der Waals surface area (Å²) in [6.45, 7) is 0.243. The number of pyridine rings is 2. The molecule has 0 fully saturated rings. The van der Waals surface area contributed by atoms with Gasteiger partial charge in [0.25, 0.3) is 11.8 Å². The maximum Gasteiger partial charge on any atom is 0.270 e. The minimum absolute atomic E-state index is 0.0652. The maximum absolute atomic E-state index is 13.6. The Morgan fingerprint density at radius 3 is 2.50 bits per heavy atom. The predicted octanol–water partition coefficient (Wildman–Crippen LogP) is 2.80. The highest BCUT2D eigenvalue weighted by Crippen LogP contribution is 2.14. The van der Waals surface area contributed by atoms with E-state index in [9.17, 15) is 14.0 Å². The first-order chi connectivity index (χ1) is 12.6. The molecule has 3 rings (SSSR count). The molecule has 0 radical (unpaired) electrons. The van der Waals surface area contributed by atoms with Gasteiger partial charge in [-0.25, -0.2) is 4.39 Å². The Bertz CT molecular complexity index is 932. The first-order valence-electron chi connectivity index (χ1n) is 7.83. The lowest BCUT2D eigenvalue weighted by molar-refractivity contribution is 0.0945. The zero-order valence-corrected chi connectivity index (χ0v) is 13.6. The minimum Gasteiger partial charge on any atom is -0.345 e. The fraction of sp³-hybridized carbons (Fsp3) is 0.0526. The number of halogens is 1. The van der Waals surface area contributed by atoms with Gasteiger partial charge in [-0.2, -0.15) is 0 Å². The molecule has 0 unspecified atom stereocenters. The van der Waals surface area contributed by atoms with Crippen molar-refractivity contribution in [2.75, 3.05) is 5.32 Å². The molecule has 26 heavy (non-hydrogen) atoms. The predicted molar refractivity (Wildman–Crippen MR) is 94.0 cm³/mol. The molecular weight excluding hydrogens is 335 g/mol. The average molecular weight is 350 g/mol. The van der Waals surface area contributed by atoms with Crippen LogP contribution in [0, 0.1) is 5.82 Å². The van der Waals surface area contributed by atoms with Crippen LogP contribution in [0.3, 0.4) is 0 Å². The van der Waals surface area contributed by atoms with Gasteiger partial charge in [0.1, 0.15) is 11.5 Å². The SMILES string of the molecule is O=C(Nc1ccccc1F)c1ccnc(C(=O)NCc2ccccn2)c1. The molecule has 1 aromatic carbocycles. The van der Waals surface area contributed by atoms with Crippen LogP contribution < -0.4 is 10.6 Å². The van der Waals surface area contributed by atoms with Crippen LogP contribution in [-0.4, -0.2) is 21.8 Å². The fourth-order valence-corrected chi connectivity index (χ4v) is 2.22. The van der Waals surface area contributed by atoms with E-state index in [0.717, 1.165) is 0 Å². The smallest absolute Gasteiger partial charge is 0.270 e. The van der Waals surface area contributed by atoms with Gasteiger partial charge in [0.05, 0.1) is 17.9 Å². The molecule has 0 aliphatic carbocycles. The molecule has 0 bridgehead atoms. The van der Waals surface area contributed by atoms with Crippen LogP contribution in [0.1, 0.15) is 26.5 Å². The van der Waals surface area contributed by atoms with Crippen molar-refractivity contribution >= 4 is 17.5 Å². The Balaban J connectivity index is 1.68. The summed E-state index contributed by atoms with van der Waals surface area (Å²) in [7, 11) is 0. The van der Waals surface area contributed by atoms with Crippen molar-refractivity contribution in [1.82, 2.24) is 15.3 Å². The highest BCUT2D eigenvalue weighted by atomic mass is 19.1. The Labute approximate surface area is 149 Å². The number of anilines is 1. The lowest BCUT2D eigenvalue weighted by Crippen LogP contribution is -2.25. The van der Waals surface area contributed by atoms with Crippen molar-refractivity contribution in [2.45, 2.75) is 6.54 Å². The van der Waals surface area contributed by atoms with Crippen LogP contribution >= 0.6 is 0 Å². The van der Waals surface area contributed by atoms with Gasteiger partial charge in [-0.1, -0.05) is 18.2 Å². The van der Waals surface area contributed by atoms with Crippen LogP contribution in [0.25, 0.3) is 0 Å². The van der Waals surface area contributed by atoms with E-state index in [0.29, 0.717) is 5.69 Å². The van der Waals surface area contributed by atoms with E-state index in [4.69, 9.17) is 0 Å². The van der Waals surface area contributed by atoms with Crippen molar-refractivity contribution in [1.29, 1.82) is 0 Å². The second-order valence-electron chi connectivity index (χ2n) is 5.37. The number of rotatable bonds is 5. The summed E-state index contributed by atoms with van der Waals surface area (Å²) in [4.78, 5) is 32.6. The van der Waals surface area contributed by atoms with Crippen molar-refractivity contribution in [3.63, 3.8) is 0 Å². The highest BCUT2D eigenvalue weighted by molar-refractivity contribution is 6.05. The molecule has 0 aliphatic heterocycles. The van der Waals surface area contributed by atoms with Crippen molar-refractivity contribution in [2.24, 2.45) is 0 Å². The molecular formula is C19H15FN4O2. The summed E-state index contributed by atoms with van der Waals surface area (Å²) in [6, 6.07) is 14.0. The fourth-order valence-electron chi connectivity index (χ4n) is 2.22. The van der Waals surface area contributed by atoms with Crippen molar-refractivity contribution in [3.8, 4) is 0 Å². The number of carbonyl (C=O) groups is 2. The molecule has 2 heterocycles. The topological polar surface area (TPSA) is 84.0 Å². The second-order valence-corrected chi connectivity index (χ2v) is 5.37. The van der Waals surface area contributed by atoms with Crippen LogP contribution in [0.5, 0.6) is 0 Å². The Morgan fingerprint density at radius 2 is 1.73 bits per heavy atom. The number of amides is 2. The molecule has 2 aromatic heterocycles. The number of hydrogen-bond donors (Lipinski definition) is 2. The summed E-state index contributed by atoms with van der Waals surface area (Å²) >= 11 is 0. The minimum atomic E-state index is -0.539. The number of carbonyl (C=O) groups excluding carboxylic acids is 2. The van der Waals surface area contributed by atoms with Gasteiger partial charge in [0.2, 0.25) is 0 Å². The first kappa shape index (κ1) is 17.2. The van der Waals surface area contributed by atoms with Crippen LogP contribution in [0.15, 0.2) is 67.0 Å². The van der Waals surface area contributed by atoms with E-state index >= 15 is 0 Å². The van der Waals surface area contributed by atoms with Gasteiger partial charge in [-0.05, 0) is 36.4 Å². The Morgan fingerprint density at radius 1 is 0.923 bits per heavy atom. The van der Waals surface area contributed by atoms with Crippen LogP contribution in [-0.2, 0) is 6.54 Å². The highest BCUT2D eigenvalue weighted by Gasteiger charge is 2.13. The van der Waals surface area contributed by atoms with E-state index in [1.165, 1.54) is 36.5 Å². The molecule has 6 nitrogen and oxygen atoms in total. The zero-order valence-electron chi connectivity index (χ0n) is 13.6. The van der Waals surface area contributed by atoms with Crippen molar-refractivity contribution < 1.29 is 14.0 Å². The van der Waals surface area contributed by atoms with E-state index in [2.05, 4.69) is 20.6 Å². The average Bonchev–Trinajstić information content (AvgIpc) is 2.69. The Kier molecular flexibility index (Phi) is 5.28. The number of benzene rings is 1. The summed E-state index contributed by atoms with van der Waals surface area (Å²) in [6.07, 6.45) is 2.99. The van der Waals surface area contributed by atoms with Gasteiger partial charge in [0, 0.05) is 18.0 Å². The number of aromatic nitrogens is 2. The maximum atomic E-state index is 13.6. The molecule has 0 saturated carbocycles. The Hall–Kier alpha value is -3.61. The van der Waals surface area contributed by atoms with Gasteiger partial charge >= 0.3 is 0 Å². The van der Waals surface area contributed by atoms with E-state index in [1.807, 2.05) is 6.07 Å². The number of nitrogens with one attached hydrogen (secondary N) is 2. The third kappa shape index (κ3) is 4.27. The van der Waals surface area contributed by atoms with Gasteiger partial charge in [0.15, 0.2) is 0 Å². The lowest BCUT2D eigenvalue weighted by atomic mass is 10.2. The number of nitrogens with zero attached hydrogens (tertiary/aromatic N) is 2. The molecule has 7 heteroatoms. The van der Waals surface area contributed by atoms with Gasteiger partial charge < -0.3 is 10.6 Å². The standard InChI is InChI=1S/C19H15FN4O2/c20-15-6-1-2-7-16(15)24-18(25)13-8-10-22-17(11-13)19(26)23-12-14-5-3-4-9-21-14/h1-11H,12H2,(H,23,26)(H,24,25). The summed E-state index contributed by atoms with van der Waals surface area (Å²) < 4.78 is 13.6. The summed E-state index contributed by atoms with van der Waals surface area (Å²) in [5, 5.41) is 5.15. The lowest BCUT2D eigenvalue weighted by Gasteiger charge is -2.08. The third-order valence-corrected chi connectivity index (χ3v) is 3.53. The van der Waals surface area contributed by atoms with Gasteiger partial charge in [-0.3, -0.25) is 19.6 Å². The summed E-state index contributed by atoms with van der Waals surface area (Å²) in [5.74, 6) is -1.50. The molecule has 2 N–H and O–H groups in total. The molecule has 0 atom stereocenters. The third-order valence-electron chi connectivity index (χ3n) is 3.53. The largest absolute Gasteiger partial charge is 0.345 e. The monoisotopic (exact) mass is 350 g/mol. The van der Waals surface area contributed by atoms with Crippen LogP contribution in [0.4, 0.5) is 10.1 Å². The molecule has 3 aromatic rings. The quantitative estimate of drug-likeness (QED) is 0.741. The molecule has 130 valence electrons. The number of hydrogen-bond acceptors (Lipinski definition) is 4. The van der Waals surface area contributed by atoms with E-state index in [1.54, 1.807) is 24.4 Å². The molecule has 0 spiro atoms. The van der Waals surface area contributed by atoms with E-state index in [-0.39, 0.29) is 23.5 Å². The van der Waals surface area contributed by atoms with Crippen molar-refractivity contribution in [3.05, 3.63) is 89.8 Å². The molecule has 2 amide bonds. The molecule has 0 saturated heterocycles. The van der Waals surface area contributed by atoms with E-state index < -0.39 is 17.6 Å². The first-order valence-corrected chi connectivity index (χ1v) is 7.83. The van der Waals surface area contributed by atoms with Crippen LogP contribution in [0.2, 0.25) is 0 Å². The summed E-state index contributed by atoms with van der Waals surface area (Å²) in [5.41, 5.74) is 1.05. The normalized spacial score (nSPS) is 10.2. The van der Waals surface area contributed by atoms with Gasteiger partial charge in [-0.15, -0.1) is 0 Å². The number of para-hydroxylation sites is 1. The second kappa shape index (κ2) is 7.98. The molecule has 0 aliphatic rings.